The van der Waals surface area contributed by atoms with Gasteiger partial charge in [0.05, 0.1) is 0 Å². The van der Waals surface area contributed by atoms with Gasteiger partial charge in [-0.25, -0.2) is 0 Å². The number of hydrogen-bond donors (Lipinski definition) is 2. The number of allylic oxidation sites excluding steroid dienone is 2. The molecule has 2 atom stereocenters. The van der Waals surface area contributed by atoms with Crippen LogP contribution in [0.25, 0.3) is 0 Å². The number of aliphatic hydroxyl groups is 1. The molecule has 0 amide bonds. The summed E-state index contributed by atoms with van der Waals surface area (Å²) < 4.78 is 0. The zero-order valence-corrected chi connectivity index (χ0v) is 10.2. The highest BCUT2D eigenvalue weighted by molar-refractivity contribution is 6.13. The largest absolute Gasteiger partial charge is 0.384 e. The van der Waals surface area contributed by atoms with Gasteiger partial charge >= 0.3 is 0 Å². The van der Waals surface area contributed by atoms with E-state index in [0.29, 0.717) is 11.1 Å². The zero-order valence-electron chi connectivity index (χ0n) is 10.2. The Morgan fingerprint density at radius 2 is 2.11 bits per heavy atom. The number of Topliss-reactive ketones (excluding diaryl/α,β-unsaturated/α-hetero) is 1. The molecule has 0 saturated heterocycles. The van der Waals surface area contributed by atoms with Crippen molar-refractivity contribution in [1.29, 1.82) is 0 Å². The molecular formula is C15H15NO2. The van der Waals surface area contributed by atoms with E-state index in [1.807, 2.05) is 37.4 Å². The molecular weight excluding hydrogens is 226 g/mol. The van der Waals surface area contributed by atoms with Gasteiger partial charge in [-0.1, -0.05) is 36.4 Å². The molecule has 92 valence electrons. The second-order valence-electron chi connectivity index (χ2n) is 4.67. The molecule has 0 spiro atoms. The van der Waals surface area contributed by atoms with Gasteiger partial charge in [-0.2, -0.15) is 0 Å². The van der Waals surface area contributed by atoms with E-state index in [1.54, 1.807) is 6.07 Å². The SMILES string of the molecule is CNC1CC=CC2=C1C(O)c1ccccc1C2=O. The van der Waals surface area contributed by atoms with Crippen LogP contribution in [0.5, 0.6) is 0 Å². The third-order valence-corrected chi connectivity index (χ3v) is 3.73. The molecule has 0 aliphatic heterocycles. The summed E-state index contributed by atoms with van der Waals surface area (Å²) >= 11 is 0. The van der Waals surface area contributed by atoms with Crippen molar-refractivity contribution in [2.75, 3.05) is 7.05 Å². The monoisotopic (exact) mass is 241 g/mol. The van der Waals surface area contributed by atoms with E-state index in [4.69, 9.17) is 0 Å². The predicted octanol–water partition coefficient (Wildman–Crippen LogP) is 1.76. The van der Waals surface area contributed by atoms with Gasteiger partial charge < -0.3 is 10.4 Å². The lowest BCUT2D eigenvalue weighted by Gasteiger charge is -2.32. The summed E-state index contributed by atoms with van der Waals surface area (Å²) in [6.45, 7) is 0. The lowest BCUT2D eigenvalue weighted by molar-refractivity contribution is 0.101. The Morgan fingerprint density at radius 1 is 1.33 bits per heavy atom. The van der Waals surface area contributed by atoms with Gasteiger partial charge in [0.1, 0.15) is 6.10 Å². The molecule has 0 aromatic heterocycles. The molecule has 0 bridgehead atoms. The molecule has 0 heterocycles. The number of carbonyl (C=O) groups is 1. The maximum Gasteiger partial charge on any atom is 0.193 e. The van der Waals surface area contributed by atoms with Crippen molar-refractivity contribution in [3.63, 3.8) is 0 Å². The Balaban J connectivity index is 2.20. The number of benzene rings is 1. The van der Waals surface area contributed by atoms with Crippen molar-refractivity contribution >= 4 is 5.78 Å². The van der Waals surface area contributed by atoms with Crippen LogP contribution in [0.1, 0.15) is 28.4 Å². The van der Waals surface area contributed by atoms with Crippen molar-refractivity contribution in [2.24, 2.45) is 0 Å². The normalized spacial score (nSPS) is 26.0. The fraction of sp³-hybridized carbons (Fsp3) is 0.267. The van der Waals surface area contributed by atoms with Gasteiger partial charge in [-0.3, -0.25) is 4.79 Å². The Labute approximate surface area is 106 Å². The minimum absolute atomic E-state index is 0.0158. The highest BCUT2D eigenvalue weighted by atomic mass is 16.3. The highest BCUT2D eigenvalue weighted by Gasteiger charge is 2.35. The third-order valence-electron chi connectivity index (χ3n) is 3.73. The van der Waals surface area contributed by atoms with Crippen LogP contribution in [-0.2, 0) is 0 Å². The predicted molar refractivity (Wildman–Crippen MR) is 69.4 cm³/mol. The fourth-order valence-electron chi connectivity index (χ4n) is 2.81. The molecule has 2 aliphatic carbocycles. The molecule has 18 heavy (non-hydrogen) atoms. The molecule has 2 aliphatic rings. The first-order chi connectivity index (χ1) is 8.74. The maximum atomic E-state index is 12.4. The van der Waals surface area contributed by atoms with Crippen molar-refractivity contribution < 1.29 is 9.90 Å². The van der Waals surface area contributed by atoms with E-state index >= 15 is 0 Å². The standard InChI is InChI=1S/C15H15NO2/c1-16-12-8-4-7-11-13(12)15(18)10-6-3-2-5-9(10)14(11)17/h2-7,12,15-16,18H,8H2,1H3. The number of nitrogens with one attached hydrogen (secondary N) is 1. The first-order valence-corrected chi connectivity index (χ1v) is 6.13. The summed E-state index contributed by atoms with van der Waals surface area (Å²) in [4.78, 5) is 12.4. The summed E-state index contributed by atoms with van der Waals surface area (Å²) in [5.74, 6) is 0.0158. The van der Waals surface area contributed by atoms with Gasteiger partial charge in [0.25, 0.3) is 0 Å². The molecule has 1 aromatic carbocycles. The minimum atomic E-state index is -0.684. The number of aliphatic hydroxyl groups excluding tert-OH is 1. The second kappa shape index (κ2) is 4.19. The van der Waals surface area contributed by atoms with E-state index in [0.717, 1.165) is 17.6 Å². The van der Waals surface area contributed by atoms with Crippen LogP contribution in [0, 0.1) is 0 Å². The van der Waals surface area contributed by atoms with Crippen LogP contribution in [0.3, 0.4) is 0 Å². The van der Waals surface area contributed by atoms with Crippen molar-refractivity contribution in [2.45, 2.75) is 18.6 Å². The van der Waals surface area contributed by atoms with Crippen LogP contribution in [0.4, 0.5) is 0 Å². The lowest BCUT2D eigenvalue weighted by Crippen LogP contribution is -2.36. The van der Waals surface area contributed by atoms with Gasteiger partial charge in [-0.05, 0) is 24.6 Å². The minimum Gasteiger partial charge on any atom is -0.384 e. The van der Waals surface area contributed by atoms with Crippen LogP contribution in [0.15, 0.2) is 47.6 Å². The van der Waals surface area contributed by atoms with Crippen LogP contribution >= 0.6 is 0 Å². The van der Waals surface area contributed by atoms with Crippen LogP contribution in [0.2, 0.25) is 0 Å². The van der Waals surface area contributed by atoms with Gasteiger partial charge in [0.15, 0.2) is 5.78 Å². The number of ketones is 1. The number of carbonyl (C=O) groups excluding carboxylic acids is 1. The molecule has 3 nitrogen and oxygen atoms in total. The quantitative estimate of drug-likeness (QED) is 0.787. The molecule has 3 heteroatoms. The summed E-state index contributed by atoms with van der Waals surface area (Å²) in [7, 11) is 1.85. The zero-order chi connectivity index (χ0) is 12.7. The maximum absolute atomic E-state index is 12.4. The fourth-order valence-corrected chi connectivity index (χ4v) is 2.81. The van der Waals surface area contributed by atoms with E-state index in [2.05, 4.69) is 5.32 Å². The Morgan fingerprint density at radius 3 is 2.89 bits per heavy atom. The van der Waals surface area contributed by atoms with Gasteiger partial charge in [-0.15, -0.1) is 0 Å². The average molecular weight is 241 g/mol. The van der Waals surface area contributed by atoms with Crippen molar-refractivity contribution in [3.8, 4) is 0 Å². The number of likely N-dealkylation sites (N-methyl/N-ethyl adjacent to an activating group) is 1. The second-order valence-corrected chi connectivity index (χ2v) is 4.67. The molecule has 2 unspecified atom stereocenters. The summed E-state index contributed by atoms with van der Waals surface area (Å²) in [6, 6.07) is 7.33. The summed E-state index contributed by atoms with van der Waals surface area (Å²) in [6.07, 6.45) is 3.95. The topological polar surface area (TPSA) is 49.3 Å². The van der Waals surface area contributed by atoms with E-state index in [1.165, 1.54) is 0 Å². The Hall–Kier alpha value is -1.71. The molecule has 3 rings (SSSR count). The number of rotatable bonds is 1. The molecule has 1 aromatic rings. The number of hydrogen-bond acceptors (Lipinski definition) is 3. The molecule has 0 radical (unpaired) electrons. The lowest BCUT2D eigenvalue weighted by atomic mass is 9.77. The van der Waals surface area contributed by atoms with Crippen LogP contribution < -0.4 is 5.32 Å². The van der Waals surface area contributed by atoms with Crippen molar-refractivity contribution in [1.82, 2.24) is 5.32 Å². The Kier molecular flexibility index (Phi) is 2.65. The first-order valence-electron chi connectivity index (χ1n) is 6.13. The van der Waals surface area contributed by atoms with Gasteiger partial charge in [0, 0.05) is 17.2 Å². The van der Waals surface area contributed by atoms with E-state index < -0.39 is 6.10 Å². The smallest absolute Gasteiger partial charge is 0.193 e. The third kappa shape index (κ3) is 1.48. The van der Waals surface area contributed by atoms with E-state index in [-0.39, 0.29) is 11.8 Å². The molecule has 0 fully saturated rings. The van der Waals surface area contributed by atoms with Gasteiger partial charge in [0.2, 0.25) is 0 Å². The molecule has 0 saturated carbocycles. The summed E-state index contributed by atoms with van der Waals surface area (Å²) in [5, 5.41) is 13.7. The van der Waals surface area contributed by atoms with Crippen LogP contribution in [-0.4, -0.2) is 24.0 Å². The van der Waals surface area contributed by atoms with Crippen molar-refractivity contribution in [3.05, 3.63) is 58.7 Å². The number of fused-ring (bicyclic) bond motifs is 1. The van der Waals surface area contributed by atoms with E-state index in [9.17, 15) is 9.90 Å². The average Bonchev–Trinajstić information content (AvgIpc) is 2.44. The molecule has 2 N–H and O–H groups in total. The highest BCUT2D eigenvalue weighted by Crippen LogP contribution is 2.38. The Bertz CT molecular complexity index is 572. The summed E-state index contributed by atoms with van der Waals surface area (Å²) in [5.41, 5.74) is 2.79. The first kappa shape index (κ1) is 11.4.